The fourth-order valence-corrected chi connectivity index (χ4v) is 4.91. The molecule has 1 aromatic rings. The second kappa shape index (κ2) is 6.58. The number of carbonyl (C=O) groups is 1. The van der Waals surface area contributed by atoms with E-state index in [1.165, 1.54) is 11.1 Å². The number of rotatable bonds is 3. The summed E-state index contributed by atoms with van der Waals surface area (Å²) in [6, 6.07) is 6.18. The molecular weight excluding hydrogens is 324 g/mol. The quantitative estimate of drug-likeness (QED) is 0.878. The second-order valence-electron chi connectivity index (χ2n) is 8.34. The van der Waals surface area contributed by atoms with Crippen LogP contribution in [0.3, 0.4) is 0 Å². The third kappa shape index (κ3) is 3.07. The van der Waals surface area contributed by atoms with Crippen molar-refractivity contribution < 1.29 is 9.90 Å². The summed E-state index contributed by atoms with van der Waals surface area (Å²) in [5, 5.41) is 13.0. The van der Waals surface area contributed by atoms with Gasteiger partial charge in [-0.2, -0.15) is 0 Å². The molecule has 0 saturated carbocycles. The molecule has 1 amide bonds. The highest BCUT2D eigenvalue weighted by Gasteiger charge is 2.47. The van der Waals surface area contributed by atoms with Crippen molar-refractivity contribution in [1.82, 2.24) is 10.2 Å². The van der Waals surface area contributed by atoms with E-state index in [4.69, 9.17) is 0 Å². The molecule has 1 heterocycles. The summed E-state index contributed by atoms with van der Waals surface area (Å²) in [7, 11) is 0. The summed E-state index contributed by atoms with van der Waals surface area (Å²) in [5.74, 6) is 0.863. The third-order valence-corrected chi connectivity index (χ3v) is 6.56. The van der Waals surface area contributed by atoms with Crippen molar-refractivity contribution in [2.75, 3.05) is 13.1 Å². The fraction of sp³-hybridized carbons (Fsp3) is 0.500. The highest BCUT2D eigenvalue weighted by atomic mass is 16.3. The van der Waals surface area contributed by atoms with Gasteiger partial charge in [0.05, 0.1) is 6.54 Å². The van der Waals surface area contributed by atoms with Crippen LogP contribution in [-0.2, 0) is 16.6 Å². The van der Waals surface area contributed by atoms with Crippen LogP contribution in [0.1, 0.15) is 44.2 Å². The zero-order valence-electron chi connectivity index (χ0n) is 15.7. The van der Waals surface area contributed by atoms with Gasteiger partial charge in [-0.3, -0.25) is 9.69 Å². The van der Waals surface area contributed by atoms with Crippen LogP contribution in [0, 0.1) is 5.92 Å². The molecule has 0 radical (unpaired) electrons. The topological polar surface area (TPSA) is 52.6 Å². The zero-order chi connectivity index (χ0) is 18.3. The lowest BCUT2D eigenvalue weighted by atomic mass is 9.60. The third-order valence-electron chi connectivity index (χ3n) is 6.56. The number of hydrogen-bond donors (Lipinski definition) is 2. The Hall–Kier alpha value is -2.07. The molecule has 1 fully saturated rings. The SMILES string of the molecule is CC1CN(CC(=O)NC2=CCCC=C2)C2Cc3ccc(O)cc3C1(C)C2. The van der Waals surface area contributed by atoms with Gasteiger partial charge < -0.3 is 10.4 Å². The average Bonchev–Trinajstić information content (AvgIpc) is 2.61. The van der Waals surface area contributed by atoms with E-state index in [9.17, 15) is 9.90 Å². The molecule has 3 aliphatic rings. The van der Waals surface area contributed by atoms with E-state index < -0.39 is 0 Å². The number of hydrogen-bond acceptors (Lipinski definition) is 3. The number of fused-ring (bicyclic) bond motifs is 4. The highest BCUT2D eigenvalue weighted by molar-refractivity contribution is 5.80. The first kappa shape index (κ1) is 17.3. The van der Waals surface area contributed by atoms with Crippen molar-refractivity contribution >= 4 is 5.91 Å². The Bertz CT molecular complexity index is 782. The van der Waals surface area contributed by atoms with Crippen molar-refractivity contribution in [1.29, 1.82) is 0 Å². The summed E-state index contributed by atoms with van der Waals surface area (Å²) < 4.78 is 0. The molecule has 3 unspecified atom stereocenters. The van der Waals surface area contributed by atoms with E-state index in [1.807, 2.05) is 12.1 Å². The molecular formula is C22H28N2O2. The van der Waals surface area contributed by atoms with Crippen LogP contribution < -0.4 is 5.32 Å². The molecule has 2 bridgehead atoms. The number of amides is 1. The number of nitrogens with one attached hydrogen (secondary N) is 1. The summed E-state index contributed by atoms with van der Waals surface area (Å²) in [6.45, 7) is 5.95. The van der Waals surface area contributed by atoms with Gasteiger partial charge in [0.15, 0.2) is 0 Å². The normalized spacial score (nSPS) is 30.5. The van der Waals surface area contributed by atoms with Gasteiger partial charge in [0.2, 0.25) is 5.91 Å². The predicted octanol–water partition coefficient (Wildman–Crippen LogP) is 3.27. The average molecular weight is 352 g/mol. The van der Waals surface area contributed by atoms with Gasteiger partial charge in [-0.25, -0.2) is 0 Å². The number of piperidine rings is 1. The molecule has 1 aromatic carbocycles. The number of allylic oxidation sites excluding steroid dienone is 3. The van der Waals surface area contributed by atoms with Gasteiger partial charge >= 0.3 is 0 Å². The van der Waals surface area contributed by atoms with Crippen LogP contribution in [0.5, 0.6) is 5.75 Å². The van der Waals surface area contributed by atoms with Gasteiger partial charge in [0.25, 0.3) is 0 Å². The molecule has 0 aromatic heterocycles. The lowest BCUT2D eigenvalue weighted by Gasteiger charge is -2.53. The molecule has 26 heavy (non-hydrogen) atoms. The first-order valence-corrected chi connectivity index (χ1v) is 9.69. The van der Waals surface area contributed by atoms with Gasteiger partial charge in [0.1, 0.15) is 5.75 Å². The van der Waals surface area contributed by atoms with Crippen LogP contribution in [0.4, 0.5) is 0 Å². The van der Waals surface area contributed by atoms with E-state index >= 15 is 0 Å². The minimum atomic E-state index is 0.0681. The number of likely N-dealkylation sites (tertiary alicyclic amines) is 1. The predicted molar refractivity (Wildman–Crippen MR) is 103 cm³/mol. The van der Waals surface area contributed by atoms with Crippen molar-refractivity contribution in [3.05, 3.63) is 53.3 Å². The summed E-state index contributed by atoms with van der Waals surface area (Å²) >= 11 is 0. The minimum Gasteiger partial charge on any atom is -0.508 e. The molecule has 2 N–H and O–H groups in total. The number of benzene rings is 1. The lowest BCUT2D eigenvalue weighted by Crippen LogP contribution is -2.58. The first-order chi connectivity index (χ1) is 12.5. The Morgan fingerprint density at radius 2 is 2.23 bits per heavy atom. The van der Waals surface area contributed by atoms with E-state index in [-0.39, 0.29) is 11.3 Å². The Labute approximate surface area is 155 Å². The first-order valence-electron chi connectivity index (χ1n) is 9.69. The number of nitrogens with zero attached hydrogens (tertiary/aromatic N) is 1. The molecule has 1 saturated heterocycles. The van der Waals surface area contributed by atoms with Crippen molar-refractivity contribution in [3.8, 4) is 5.75 Å². The molecule has 0 spiro atoms. The van der Waals surface area contributed by atoms with E-state index in [2.05, 4.69) is 42.3 Å². The largest absolute Gasteiger partial charge is 0.508 e. The van der Waals surface area contributed by atoms with Crippen LogP contribution in [0.2, 0.25) is 0 Å². The van der Waals surface area contributed by atoms with Crippen molar-refractivity contribution in [2.45, 2.75) is 51.0 Å². The molecule has 4 rings (SSSR count). The van der Waals surface area contributed by atoms with Crippen LogP contribution in [0.15, 0.2) is 42.1 Å². The van der Waals surface area contributed by atoms with Crippen molar-refractivity contribution in [3.63, 3.8) is 0 Å². The van der Waals surface area contributed by atoms with Crippen LogP contribution >= 0.6 is 0 Å². The Balaban J connectivity index is 1.51. The van der Waals surface area contributed by atoms with E-state index in [0.29, 0.717) is 24.3 Å². The Kier molecular flexibility index (Phi) is 4.39. The van der Waals surface area contributed by atoms with Gasteiger partial charge in [-0.1, -0.05) is 32.1 Å². The van der Waals surface area contributed by atoms with Crippen molar-refractivity contribution in [2.24, 2.45) is 5.92 Å². The standard InChI is InChI=1S/C22H28N2O2/c1-15-13-24(14-21(26)23-17-6-4-3-5-7-17)18-10-16-8-9-19(25)11-20(16)22(15,2)12-18/h4,6-9,11,15,18,25H,3,5,10,12-14H2,1-2H3,(H,23,26). The minimum absolute atomic E-state index is 0.0681. The van der Waals surface area contributed by atoms with E-state index in [0.717, 1.165) is 37.9 Å². The fourth-order valence-electron chi connectivity index (χ4n) is 4.91. The summed E-state index contributed by atoms with van der Waals surface area (Å²) in [4.78, 5) is 14.9. The highest BCUT2D eigenvalue weighted by Crippen LogP contribution is 2.48. The van der Waals surface area contributed by atoms with Crippen LogP contribution in [-0.4, -0.2) is 35.0 Å². The van der Waals surface area contributed by atoms with Gasteiger partial charge in [-0.05, 0) is 66.4 Å². The maximum Gasteiger partial charge on any atom is 0.238 e. The van der Waals surface area contributed by atoms with Gasteiger partial charge in [0, 0.05) is 18.3 Å². The van der Waals surface area contributed by atoms with Gasteiger partial charge in [-0.15, -0.1) is 0 Å². The second-order valence-corrected chi connectivity index (χ2v) is 8.34. The number of carbonyl (C=O) groups excluding carboxylic acids is 1. The number of phenols is 1. The summed E-state index contributed by atoms with van der Waals surface area (Å²) in [5.41, 5.74) is 3.61. The molecule has 138 valence electrons. The maximum atomic E-state index is 12.6. The molecule has 4 heteroatoms. The van der Waals surface area contributed by atoms with E-state index in [1.54, 1.807) is 6.07 Å². The molecule has 4 nitrogen and oxygen atoms in total. The Morgan fingerprint density at radius 1 is 1.38 bits per heavy atom. The molecule has 2 aliphatic carbocycles. The lowest BCUT2D eigenvalue weighted by molar-refractivity contribution is -0.123. The Morgan fingerprint density at radius 3 is 3.00 bits per heavy atom. The number of aromatic hydroxyl groups is 1. The zero-order valence-corrected chi connectivity index (χ0v) is 15.7. The molecule has 3 atom stereocenters. The smallest absolute Gasteiger partial charge is 0.238 e. The summed E-state index contributed by atoms with van der Waals surface area (Å²) in [6.07, 6.45) is 10.2. The molecule has 1 aliphatic heterocycles. The monoisotopic (exact) mass is 352 g/mol. The maximum absolute atomic E-state index is 12.6. The van der Waals surface area contributed by atoms with Crippen LogP contribution in [0.25, 0.3) is 0 Å². The number of phenolic OH excluding ortho intramolecular Hbond substituents is 1.